The van der Waals surface area contributed by atoms with Crippen LogP contribution in [-0.4, -0.2) is 4.98 Å². The van der Waals surface area contributed by atoms with E-state index in [4.69, 9.17) is 0 Å². The molecule has 0 aliphatic rings. The zero-order valence-electron chi connectivity index (χ0n) is 7.96. The van der Waals surface area contributed by atoms with Crippen molar-refractivity contribution >= 4 is 6.08 Å². The maximum atomic E-state index is 4.35. The zero-order valence-corrected chi connectivity index (χ0v) is 7.96. The summed E-state index contributed by atoms with van der Waals surface area (Å²) >= 11 is 0. The lowest BCUT2D eigenvalue weighted by Crippen LogP contribution is -1.91. The topological polar surface area (TPSA) is 12.9 Å². The molecule has 1 rings (SSSR count). The molecule has 0 atom stereocenters. The van der Waals surface area contributed by atoms with Gasteiger partial charge in [-0.15, -0.1) is 0 Å². The van der Waals surface area contributed by atoms with Crippen molar-refractivity contribution in [1.82, 2.24) is 4.98 Å². The van der Waals surface area contributed by atoms with Crippen LogP contribution in [-0.2, 0) is 6.42 Å². The summed E-state index contributed by atoms with van der Waals surface area (Å²) < 4.78 is 0. The zero-order chi connectivity index (χ0) is 8.97. The molecule has 1 aromatic heterocycles. The number of aryl methyl sites for hydroxylation is 2. The van der Waals surface area contributed by atoms with Crippen molar-refractivity contribution < 1.29 is 0 Å². The monoisotopic (exact) mass is 161 g/mol. The van der Waals surface area contributed by atoms with E-state index in [2.05, 4.69) is 31.0 Å². The fourth-order valence-electron chi connectivity index (χ4n) is 1.23. The van der Waals surface area contributed by atoms with E-state index in [0.29, 0.717) is 0 Å². The van der Waals surface area contributed by atoms with E-state index in [1.54, 1.807) is 0 Å². The van der Waals surface area contributed by atoms with E-state index in [0.717, 1.165) is 12.1 Å². The van der Waals surface area contributed by atoms with Crippen molar-refractivity contribution in [2.24, 2.45) is 0 Å². The maximum absolute atomic E-state index is 4.35. The van der Waals surface area contributed by atoms with E-state index in [1.807, 2.05) is 19.2 Å². The van der Waals surface area contributed by atoms with Gasteiger partial charge < -0.3 is 0 Å². The number of hydrogen-bond acceptors (Lipinski definition) is 1. The first-order valence-corrected chi connectivity index (χ1v) is 4.36. The van der Waals surface area contributed by atoms with Gasteiger partial charge in [-0.3, -0.25) is 4.98 Å². The lowest BCUT2D eigenvalue weighted by Gasteiger charge is -2.02. The van der Waals surface area contributed by atoms with Gasteiger partial charge in [0.2, 0.25) is 0 Å². The van der Waals surface area contributed by atoms with Gasteiger partial charge in [0.1, 0.15) is 0 Å². The van der Waals surface area contributed by atoms with Crippen LogP contribution in [0.4, 0.5) is 0 Å². The van der Waals surface area contributed by atoms with Crippen molar-refractivity contribution in [3.05, 3.63) is 35.2 Å². The Kier molecular flexibility index (Phi) is 3.03. The van der Waals surface area contributed by atoms with Crippen LogP contribution in [0.3, 0.4) is 0 Å². The molecule has 0 fully saturated rings. The van der Waals surface area contributed by atoms with E-state index in [9.17, 15) is 0 Å². The van der Waals surface area contributed by atoms with Gasteiger partial charge in [-0.2, -0.15) is 0 Å². The Bertz CT molecular complexity index is 287. The Balaban J connectivity index is 3.10. The lowest BCUT2D eigenvalue weighted by atomic mass is 10.1. The molecule has 12 heavy (non-hydrogen) atoms. The summed E-state index contributed by atoms with van der Waals surface area (Å²) in [6, 6.07) is 2.20. The molecule has 64 valence electrons. The third-order valence-electron chi connectivity index (χ3n) is 1.84. The predicted octanol–water partition coefficient (Wildman–Crippen LogP) is 2.99. The fourth-order valence-corrected chi connectivity index (χ4v) is 1.23. The van der Waals surface area contributed by atoms with Crippen LogP contribution in [0.1, 0.15) is 30.7 Å². The van der Waals surface area contributed by atoms with Gasteiger partial charge in [0.15, 0.2) is 0 Å². The number of rotatable bonds is 2. The van der Waals surface area contributed by atoms with Crippen LogP contribution >= 0.6 is 0 Å². The molecule has 0 aliphatic heterocycles. The van der Waals surface area contributed by atoms with Crippen molar-refractivity contribution in [3.63, 3.8) is 0 Å². The minimum atomic E-state index is 1.05. The Morgan fingerprint density at radius 1 is 1.50 bits per heavy atom. The molecule has 0 saturated carbocycles. The first-order valence-electron chi connectivity index (χ1n) is 4.36. The van der Waals surface area contributed by atoms with Crippen molar-refractivity contribution in [3.8, 4) is 0 Å². The largest absolute Gasteiger partial charge is 0.256 e. The van der Waals surface area contributed by atoms with Crippen LogP contribution in [0.25, 0.3) is 6.08 Å². The summed E-state index contributed by atoms with van der Waals surface area (Å²) in [6.45, 7) is 6.25. The minimum Gasteiger partial charge on any atom is -0.256 e. The van der Waals surface area contributed by atoms with Crippen LogP contribution in [0.5, 0.6) is 0 Å². The molecule has 0 amide bonds. The smallest absolute Gasteiger partial charge is 0.0658 e. The van der Waals surface area contributed by atoms with Crippen LogP contribution in [0, 0.1) is 6.92 Å². The second kappa shape index (κ2) is 4.05. The molecule has 0 aliphatic carbocycles. The molecule has 0 aromatic carbocycles. The molecular weight excluding hydrogens is 146 g/mol. The average Bonchev–Trinajstić information content (AvgIpc) is 2.08. The van der Waals surface area contributed by atoms with Gasteiger partial charge in [0.25, 0.3) is 0 Å². The first kappa shape index (κ1) is 8.98. The summed E-state index contributed by atoms with van der Waals surface area (Å²) in [7, 11) is 0. The third kappa shape index (κ3) is 1.94. The van der Waals surface area contributed by atoms with Crippen molar-refractivity contribution in [1.29, 1.82) is 0 Å². The van der Waals surface area contributed by atoms with E-state index in [-0.39, 0.29) is 0 Å². The lowest BCUT2D eigenvalue weighted by molar-refractivity contribution is 1.07. The Morgan fingerprint density at radius 3 is 2.83 bits per heavy atom. The van der Waals surface area contributed by atoms with E-state index >= 15 is 0 Å². The fraction of sp³-hybridized carbons (Fsp3) is 0.364. The molecule has 0 spiro atoms. The summed E-state index contributed by atoms with van der Waals surface area (Å²) in [6.07, 6.45) is 7.04. The van der Waals surface area contributed by atoms with Crippen LogP contribution in [0.15, 0.2) is 18.3 Å². The van der Waals surface area contributed by atoms with Gasteiger partial charge in [0.05, 0.1) is 5.69 Å². The van der Waals surface area contributed by atoms with Crippen molar-refractivity contribution in [2.45, 2.75) is 27.2 Å². The third-order valence-corrected chi connectivity index (χ3v) is 1.84. The molecule has 1 nitrogen and oxygen atoms in total. The summed E-state index contributed by atoms with van der Waals surface area (Å²) in [5, 5.41) is 0. The quantitative estimate of drug-likeness (QED) is 0.649. The van der Waals surface area contributed by atoms with Gasteiger partial charge in [0, 0.05) is 6.20 Å². The van der Waals surface area contributed by atoms with Gasteiger partial charge in [-0.25, -0.2) is 0 Å². The van der Waals surface area contributed by atoms with Crippen LogP contribution < -0.4 is 0 Å². The Hall–Kier alpha value is -1.11. The first-order chi connectivity index (χ1) is 5.77. The SMILES string of the molecule is C/C=C\c1ncc(C)cc1CC. The number of aromatic nitrogens is 1. The van der Waals surface area contributed by atoms with E-state index < -0.39 is 0 Å². The second-order valence-electron chi connectivity index (χ2n) is 2.91. The standard InChI is InChI=1S/C11H15N/c1-4-6-11-10(5-2)7-9(3)8-12-11/h4,6-8H,5H2,1-3H3/b6-4-. The summed E-state index contributed by atoms with van der Waals surface area (Å²) in [4.78, 5) is 4.35. The van der Waals surface area contributed by atoms with E-state index in [1.165, 1.54) is 11.1 Å². The number of allylic oxidation sites excluding steroid dienone is 1. The Labute approximate surface area is 74.2 Å². The summed E-state index contributed by atoms with van der Waals surface area (Å²) in [5.41, 5.74) is 3.67. The number of hydrogen-bond donors (Lipinski definition) is 0. The van der Waals surface area contributed by atoms with Gasteiger partial charge >= 0.3 is 0 Å². The summed E-state index contributed by atoms with van der Waals surface area (Å²) in [5.74, 6) is 0. The minimum absolute atomic E-state index is 1.05. The highest BCUT2D eigenvalue weighted by Gasteiger charge is 1.97. The highest BCUT2D eigenvalue weighted by molar-refractivity contribution is 5.49. The molecular formula is C11H15N. The number of pyridine rings is 1. The van der Waals surface area contributed by atoms with Crippen molar-refractivity contribution in [2.75, 3.05) is 0 Å². The molecule has 0 N–H and O–H groups in total. The average molecular weight is 161 g/mol. The highest BCUT2D eigenvalue weighted by Crippen LogP contribution is 2.10. The molecule has 0 bridgehead atoms. The predicted molar refractivity (Wildman–Crippen MR) is 53.1 cm³/mol. The number of nitrogens with zero attached hydrogens (tertiary/aromatic N) is 1. The maximum Gasteiger partial charge on any atom is 0.0658 e. The van der Waals surface area contributed by atoms with Gasteiger partial charge in [-0.1, -0.05) is 19.1 Å². The molecule has 1 heterocycles. The highest BCUT2D eigenvalue weighted by atomic mass is 14.7. The molecule has 0 radical (unpaired) electrons. The van der Waals surface area contributed by atoms with Gasteiger partial charge in [-0.05, 0) is 37.5 Å². The molecule has 1 heteroatoms. The van der Waals surface area contributed by atoms with Crippen LogP contribution in [0.2, 0.25) is 0 Å². The normalized spacial score (nSPS) is 10.9. The molecule has 0 unspecified atom stereocenters. The molecule has 1 aromatic rings. The second-order valence-corrected chi connectivity index (χ2v) is 2.91. The molecule has 0 saturated heterocycles. The Morgan fingerprint density at radius 2 is 2.25 bits per heavy atom.